The monoisotopic (exact) mass is 363 g/mol. The Balaban J connectivity index is 1.83. The topological polar surface area (TPSA) is 55.4 Å². The zero-order chi connectivity index (χ0) is 17.5. The van der Waals surface area contributed by atoms with Gasteiger partial charge < -0.3 is 10.1 Å². The molecule has 0 spiro atoms. The van der Waals surface area contributed by atoms with Crippen LogP contribution in [-0.4, -0.2) is 24.2 Å². The average Bonchev–Trinajstić information content (AvgIpc) is 2.90. The summed E-state index contributed by atoms with van der Waals surface area (Å²) in [7, 11) is 0. The molecule has 0 aliphatic heterocycles. The summed E-state index contributed by atoms with van der Waals surface area (Å²) in [6.45, 7) is 6.00. The minimum absolute atomic E-state index is 0.0497. The fraction of sp³-hybridized carbons (Fsp3) is 0.333. The summed E-state index contributed by atoms with van der Waals surface area (Å²) in [6.07, 6.45) is 0.421. The summed E-state index contributed by atoms with van der Waals surface area (Å²) in [5.41, 5.74) is 2.05. The van der Waals surface area contributed by atoms with Crippen LogP contribution in [-0.2, 0) is 9.53 Å². The maximum absolute atomic E-state index is 12.0. The molecule has 1 aromatic heterocycles. The number of anilines is 1. The number of esters is 1. The number of benzene rings is 1. The van der Waals surface area contributed by atoms with Gasteiger partial charge in [0.15, 0.2) is 0 Å². The number of carbonyl (C=O) groups excluding carboxylic acids is 2. The van der Waals surface area contributed by atoms with Crippen molar-refractivity contribution in [3.8, 4) is 0 Å². The minimum atomic E-state index is -0.338. The van der Waals surface area contributed by atoms with Gasteiger partial charge in [-0.3, -0.25) is 4.79 Å². The van der Waals surface area contributed by atoms with E-state index >= 15 is 0 Å². The molecule has 1 N–H and O–H groups in total. The van der Waals surface area contributed by atoms with E-state index in [0.29, 0.717) is 28.7 Å². The van der Waals surface area contributed by atoms with E-state index in [9.17, 15) is 9.59 Å². The Bertz CT molecular complexity index is 708. The second kappa shape index (κ2) is 8.89. The molecule has 4 nitrogen and oxygen atoms in total. The molecule has 1 heterocycles. The maximum Gasteiger partial charge on any atom is 0.348 e. The van der Waals surface area contributed by atoms with E-state index in [1.54, 1.807) is 18.7 Å². The van der Waals surface area contributed by atoms with E-state index in [-0.39, 0.29) is 11.9 Å². The lowest BCUT2D eigenvalue weighted by molar-refractivity contribution is -0.115. The van der Waals surface area contributed by atoms with Gasteiger partial charge in [-0.15, -0.1) is 23.1 Å². The number of ether oxygens (including phenoxy) is 1. The highest BCUT2D eigenvalue weighted by Gasteiger charge is 2.15. The van der Waals surface area contributed by atoms with E-state index < -0.39 is 0 Å². The van der Waals surface area contributed by atoms with Crippen LogP contribution in [0, 0.1) is 13.8 Å². The van der Waals surface area contributed by atoms with Crippen molar-refractivity contribution in [3.63, 3.8) is 0 Å². The van der Waals surface area contributed by atoms with Gasteiger partial charge in [-0.2, -0.15) is 0 Å². The molecule has 1 amide bonds. The number of aryl methyl sites for hydroxylation is 2. The highest BCUT2D eigenvalue weighted by atomic mass is 32.2. The molecule has 2 rings (SSSR count). The number of hydrogen-bond donors (Lipinski definition) is 1. The van der Waals surface area contributed by atoms with Crippen molar-refractivity contribution in [3.05, 3.63) is 46.3 Å². The van der Waals surface area contributed by atoms with Crippen LogP contribution in [0.3, 0.4) is 0 Å². The molecule has 0 atom stereocenters. The Morgan fingerprint density at radius 3 is 2.58 bits per heavy atom. The molecule has 0 radical (unpaired) electrons. The summed E-state index contributed by atoms with van der Waals surface area (Å²) in [4.78, 5) is 25.5. The maximum atomic E-state index is 12.0. The number of amides is 1. The zero-order valence-electron chi connectivity index (χ0n) is 14.0. The molecular formula is C18H21NO3S2. The number of carbonyl (C=O) groups is 2. The smallest absolute Gasteiger partial charge is 0.348 e. The van der Waals surface area contributed by atoms with Crippen molar-refractivity contribution in [1.29, 1.82) is 0 Å². The molecule has 6 heteroatoms. The van der Waals surface area contributed by atoms with Crippen LogP contribution in [0.4, 0.5) is 5.00 Å². The third kappa shape index (κ3) is 5.39. The molecule has 0 aliphatic rings. The van der Waals surface area contributed by atoms with E-state index in [1.807, 2.05) is 13.0 Å². The van der Waals surface area contributed by atoms with Gasteiger partial charge in [-0.1, -0.05) is 17.7 Å². The molecular weight excluding hydrogens is 342 g/mol. The van der Waals surface area contributed by atoms with Gasteiger partial charge in [-0.05, 0) is 44.5 Å². The van der Waals surface area contributed by atoms with Gasteiger partial charge in [0.1, 0.15) is 4.88 Å². The van der Waals surface area contributed by atoms with Crippen LogP contribution in [0.15, 0.2) is 35.2 Å². The summed E-state index contributed by atoms with van der Waals surface area (Å²) in [6, 6.07) is 10.1. The second-order valence-corrected chi connectivity index (χ2v) is 7.52. The first-order valence-electron chi connectivity index (χ1n) is 7.76. The number of thioether (sulfide) groups is 1. The molecule has 0 saturated carbocycles. The number of nitrogens with one attached hydrogen (secondary N) is 1. The summed E-state index contributed by atoms with van der Waals surface area (Å²) < 4.78 is 5.00. The predicted octanol–water partition coefficient (Wildman–Crippen LogP) is 4.66. The molecule has 128 valence electrons. The Labute approximate surface area is 150 Å². The molecule has 0 bridgehead atoms. The number of hydrogen-bond acceptors (Lipinski definition) is 5. The van der Waals surface area contributed by atoms with Crippen LogP contribution >= 0.6 is 23.1 Å². The van der Waals surface area contributed by atoms with Gasteiger partial charge in [0.2, 0.25) is 5.91 Å². The molecule has 0 fully saturated rings. The molecule has 2 aromatic rings. The van der Waals surface area contributed by atoms with Crippen molar-refractivity contribution in [2.75, 3.05) is 17.7 Å². The van der Waals surface area contributed by atoms with Crippen LogP contribution in [0.2, 0.25) is 0 Å². The van der Waals surface area contributed by atoms with Crippen LogP contribution in [0.5, 0.6) is 0 Å². The summed E-state index contributed by atoms with van der Waals surface area (Å²) >= 11 is 2.91. The Morgan fingerprint density at radius 1 is 1.21 bits per heavy atom. The summed E-state index contributed by atoms with van der Waals surface area (Å²) in [5.74, 6) is 0.325. The lowest BCUT2D eigenvalue weighted by Gasteiger charge is -2.03. The minimum Gasteiger partial charge on any atom is -0.462 e. The van der Waals surface area contributed by atoms with Crippen LogP contribution in [0.25, 0.3) is 0 Å². The molecule has 0 saturated heterocycles. The molecule has 1 aromatic carbocycles. The highest BCUT2D eigenvalue weighted by molar-refractivity contribution is 7.99. The van der Waals surface area contributed by atoms with Crippen molar-refractivity contribution in [1.82, 2.24) is 0 Å². The van der Waals surface area contributed by atoms with Gasteiger partial charge in [0.25, 0.3) is 0 Å². The Morgan fingerprint density at radius 2 is 1.92 bits per heavy atom. The fourth-order valence-electron chi connectivity index (χ4n) is 2.04. The largest absolute Gasteiger partial charge is 0.462 e. The number of rotatable bonds is 7. The normalized spacial score (nSPS) is 10.5. The van der Waals surface area contributed by atoms with E-state index in [0.717, 1.165) is 10.5 Å². The Kier molecular flexibility index (Phi) is 6.87. The standard InChI is InChI=1S/C18H21NO3S2/c1-4-22-18(21)17-13(3)11-16(24-17)19-15(20)9-10-23-14-7-5-12(2)6-8-14/h5-8,11H,4,9-10H2,1-3H3,(H,19,20). The average molecular weight is 364 g/mol. The lowest BCUT2D eigenvalue weighted by atomic mass is 10.2. The second-order valence-electron chi connectivity index (χ2n) is 5.30. The first-order chi connectivity index (χ1) is 11.5. The van der Waals surface area contributed by atoms with E-state index in [4.69, 9.17) is 4.74 Å². The molecule has 0 aliphatic carbocycles. The SMILES string of the molecule is CCOC(=O)c1sc(NC(=O)CCSc2ccc(C)cc2)cc1C. The quantitative estimate of drug-likeness (QED) is 0.574. The van der Waals surface area contributed by atoms with Crippen molar-refractivity contribution in [2.45, 2.75) is 32.1 Å². The van der Waals surface area contributed by atoms with Gasteiger partial charge in [-0.25, -0.2) is 4.79 Å². The van der Waals surface area contributed by atoms with E-state index in [1.165, 1.54) is 16.9 Å². The Hall–Kier alpha value is -1.79. The van der Waals surface area contributed by atoms with Gasteiger partial charge in [0.05, 0.1) is 11.6 Å². The first kappa shape index (κ1) is 18.5. The van der Waals surface area contributed by atoms with E-state index in [2.05, 4.69) is 36.5 Å². The third-order valence-electron chi connectivity index (χ3n) is 3.26. The number of thiophene rings is 1. The molecule has 0 unspecified atom stereocenters. The summed E-state index contributed by atoms with van der Waals surface area (Å²) in [5, 5.41) is 3.54. The van der Waals surface area contributed by atoms with Crippen molar-refractivity contribution < 1.29 is 14.3 Å². The first-order valence-corrected chi connectivity index (χ1v) is 9.56. The van der Waals surface area contributed by atoms with Crippen molar-refractivity contribution in [2.24, 2.45) is 0 Å². The highest BCUT2D eigenvalue weighted by Crippen LogP contribution is 2.27. The lowest BCUT2D eigenvalue weighted by Crippen LogP contribution is -2.11. The zero-order valence-corrected chi connectivity index (χ0v) is 15.7. The van der Waals surface area contributed by atoms with Gasteiger partial charge in [0, 0.05) is 17.1 Å². The van der Waals surface area contributed by atoms with Crippen LogP contribution in [0.1, 0.15) is 34.1 Å². The molecule has 24 heavy (non-hydrogen) atoms. The van der Waals surface area contributed by atoms with Gasteiger partial charge >= 0.3 is 5.97 Å². The van der Waals surface area contributed by atoms with Crippen molar-refractivity contribution >= 4 is 40.0 Å². The van der Waals surface area contributed by atoms with Crippen LogP contribution < -0.4 is 5.32 Å². The fourth-order valence-corrected chi connectivity index (χ4v) is 3.87. The third-order valence-corrected chi connectivity index (χ3v) is 5.41. The predicted molar refractivity (Wildman–Crippen MR) is 100 cm³/mol.